The third-order valence-electron chi connectivity index (χ3n) is 4.36. The first kappa shape index (κ1) is 13.5. The number of rotatable bonds is 3. The van der Waals surface area contributed by atoms with Crippen molar-refractivity contribution in [3.63, 3.8) is 0 Å². The Labute approximate surface area is 128 Å². The number of benzene rings is 2. The van der Waals surface area contributed by atoms with E-state index in [1.807, 2.05) is 6.07 Å². The summed E-state index contributed by atoms with van der Waals surface area (Å²) < 4.78 is 18.7. The Morgan fingerprint density at radius 1 is 1.18 bits per heavy atom. The smallest absolute Gasteiger partial charge is 0.148 e. The van der Waals surface area contributed by atoms with E-state index in [0.717, 1.165) is 37.2 Å². The third kappa shape index (κ3) is 2.50. The van der Waals surface area contributed by atoms with Crippen molar-refractivity contribution in [3.05, 3.63) is 65.7 Å². The van der Waals surface area contributed by atoms with E-state index >= 15 is 0 Å². The number of hydrogen-bond acceptors (Lipinski definition) is 3. The molecule has 0 aliphatic carbocycles. The van der Waals surface area contributed by atoms with Gasteiger partial charge in [-0.2, -0.15) is 0 Å². The fourth-order valence-corrected chi connectivity index (χ4v) is 3.26. The van der Waals surface area contributed by atoms with E-state index in [2.05, 4.69) is 34.3 Å². The highest BCUT2D eigenvalue weighted by Crippen LogP contribution is 2.33. The Balaban J connectivity index is 1.52. The lowest BCUT2D eigenvalue weighted by Gasteiger charge is -2.15. The molecule has 22 heavy (non-hydrogen) atoms. The molecule has 112 valence electrons. The summed E-state index contributed by atoms with van der Waals surface area (Å²) in [5.74, 6) is 0.953. The number of aromatic nitrogens is 1. The van der Waals surface area contributed by atoms with Crippen LogP contribution < -0.4 is 0 Å². The molecule has 2 aromatic carbocycles. The Hall–Kier alpha value is -2.20. The summed E-state index contributed by atoms with van der Waals surface area (Å²) in [6, 6.07) is 15.2. The molecule has 2 heterocycles. The van der Waals surface area contributed by atoms with Gasteiger partial charge < -0.3 is 4.52 Å². The molecule has 3 nitrogen and oxygen atoms in total. The fourth-order valence-electron chi connectivity index (χ4n) is 3.26. The van der Waals surface area contributed by atoms with Crippen LogP contribution in [0, 0.1) is 5.82 Å². The molecule has 1 aliphatic heterocycles. The zero-order chi connectivity index (χ0) is 14.9. The van der Waals surface area contributed by atoms with Crippen LogP contribution in [0.2, 0.25) is 0 Å². The van der Waals surface area contributed by atoms with Crippen LogP contribution in [-0.2, 0) is 6.54 Å². The highest BCUT2D eigenvalue weighted by Gasteiger charge is 2.28. The van der Waals surface area contributed by atoms with Gasteiger partial charge in [0.25, 0.3) is 0 Å². The lowest BCUT2D eigenvalue weighted by Crippen LogP contribution is -2.19. The zero-order valence-electron chi connectivity index (χ0n) is 12.2. The van der Waals surface area contributed by atoms with Crippen molar-refractivity contribution in [2.24, 2.45) is 0 Å². The number of nitrogens with zero attached hydrogens (tertiary/aromatic N) is 2. The van der Waals surface area contributed by atoms with Crippen LogP contribution in [0.1, 0.15) is 23.7 Å². The first-order valence-electron chi connectivity index (χ1n) is 7.61. The van der Waals surface area contributed by atoms with E-state index < -0.39 is 0 Å². The van der Waals surface area contributed by atoms with E-state index in [4.69, 9.17) is 4.52 Å². The van der Waals surface area contributed by atoms with Gasteiger partial charge >= 0.3 is 0 Å². The molecular formula is C18H17FN2O. The monoisotopic (exact) mass is 296 g/mol. The minimum absolute atomic E-state index is 0.274. The molecule has 0 spiro atoms. The van der Waals surface area contributed by atoms with E-state index in [-0.39, 0.29) is 5.82 Å². The average molecular weight is 296 g/mol. The van der Waals surface area contributed by atoms with Crippen molar-refractivity contribution in [2.75, 3.05) is 13.1 Å². The van der Waals surface area contributed by atoms with Gasteiger partial charge in [0.2, 0.25) is 0 Å². The summed E-state index contributed by atoms with van der Waals surface area (Å²) in [6.07, 6.45) is 1.05. The molecule has 1 atom stereocenters. The Morgan fingerprint density at radius 3 is 2.91 bits per heavy atom. The van der Waals surface area contributed by atoms with Crippen LogP contribution in [0.3, 0.4) is 0 Å². The Kier molecular flexibility index (Phi) is 3.39. The van der Waals surface area contributed by atoms with Gasteiger partial charge in [0.1, 0.15) is 17.1 Å². The summed E-state index contributed by atoms with van der Waals surface area (Å²) in [5, 5.41) is 4.94. The second-order valence-electron chi connectivity index (χ2n) is 5.91. The van der Waals surface area contributed by atoms with Gasteiger partial charge in [-0.3, -0.25) is 4.90 Å². The maximum atomic E-state index is 13.2. The van der Waals surface area contributed by atoms with E-state index in [1.54, 1.807) is 6.07 Å². The molecule has 0 saturated carbocycles. The topological polar surface area (TPSA) is 29.3 Å². The summed E-state index contributed by atoms with van der Waals surface area (Å²) >= 11 is 0. The molecule has 0 N–H and O–H groups in total. The molecule has 1 aliphatic rings. The molecule has 3 aromatic rings. The quantitative estimate of drug-likeness (QED) is 0.732. The number of likely N-dealkylation sites (tertiary alicyclic amines) is 1. The Bertz CT molecular complexity index is 784. The highest BCUT2D eigenvalue weighted by molar-refractivity contribution is 5.80. The predicted molar refractivity (Wildman–Crippen MR) is 83.0 cm³/mol. The predicted octanol–water partition coefficient (Wildman–Crippen LogP) is 3.96. The minimum atomic E-state index is -0.274. The van der Waals surface area contributed by atoms with Gasteiger partial charge in [0, 0.05) is 30.5 Å². The Morgan fingerprint density at radius 2 is 2.05 bits per heavy atom. The molecule has 1 unspecified atom stereocenters. The normalized spacial score (nSPS) is 19.0. The van der Waals surface area contributed by atoms with Crippen LogP contribution >= 0.6 is 0 Å². The van der Waals surface area contributed by atoms with Gasteiger partial charge in [-0.05, 0) is 30.7 Å². The maximum absolute atomic E-state index is 13.2. The molecule has 0 amide bonds. The summed E-state index contributed by atoms with van der Waals surface area (Å²) in [7, 11) is 0. The number of fused-ring (bicyclic) bond motifs is 1. The maximum Gasteiger partial charge on any atom is 0.148 e. The van der Waals surface area contributed by atoms with Gasteiger partial charge in [-0.25, -0.2) is 4.39 Å². The minimum Gasteiger partial charge on any atom is -0.360 e. The van der Waals surface area contributed by atoms with Crippen molar-refractivity contribution < 1.29 is 8.91 Å². The van der Waals surface area contributed by atoms with Crippen LogP contribution in [0.15, 0.2) is 53.1 Å². The standard InChI is InChI=1S/C18H17FN2O/c19-15-6-7-16-17(10-15)20-22-18(16)14-8-9-21(12-14)11-13-4-2-1-3-5-13/h1-7,10,14H,8-9,11-12H2. The molecule has 1 saturated heterocycles. The largest absolute Gasteiger partial charge is 0.360 e. The second-order valence-corrected chi connectivity index (χ2v) is 5.91. The summed E-state index contributed by atoms with van der Waals surface area (Å²) in [5.41, 5.74) is 1.93. The van der Waals surface area contributed by atoms with Crippen LogP contribution in [0.25, 0.3) is 10.9 Å². The number of hydrogen-bond donors (Lipinski definition) is 0. The van der Waals surface area contributed by atoms with Crippen LogP contribution in [-0.4, -0.2) is 23.1 Å². The van der Waals surface area contributed by atoms with Gasteiger partial charge in [0.15, 0.2) is 0 Å². The van der Waals surface area contributed by atoms with Crippen molar-refractivity contribution in [3.8, 4) is 0 Å². The lowest BCUT2D eigenvalue weighted by molar-refractivity contribution is 0.313. The van der Waals surface area contributed by atoms with E-state index in [0.29, 0.717) is 11.4 Å². The summed E-state index contributed by atoms with van der Waals surface area (Å²) in [6.45, 7) is 2.96. The third-order valence-corrected chi connectivity index (χ3v) is 4.36. The second kappa shape index (κ2) is 5.54. The van der Waals surface area contributed by atoms with Crippen molar-refractivity contribution in [1.82, 2.24) is 10.1 Å². The molecule has 1 fully saturated rings. The van der Waals surface area contributed by atoms with E-state index in [9.17, 15) is 4.39 Å². The molecular weight excluding hydrogens is 279 g/mol. The van der Waals surface area contributed by atoms with Gasteiger partial charge in [-0.15, -0.1) is 0 Å². The zero-order valence-corrected chi connectivity index (χ0v) is 12.2. The van der Waals surface area contributed by atoms with Crippen molar-refractivity contribution in [1.29, 1.82) is 0 Å². The molecule has 4 heteroatoms. The lowest BCUT2D eigenvalue weighted by atomic mass is 10.0. The average Bonchev–Trinajstić information content (AvgIpc) is 3.14. The molecule has 0 radical (unpaired) electrons. The van der Waals surface area contributed by atoms with Gasteiger partial charge in [-0.1, -0.05) is 35.5 Å². The number of halogens is 1. The molecule has 1 aromatic heterocycles. The fraction of sp³-hybridized carbons (Fsp3) is 0.278. The highest BCUT2D eigenvalue weighted by atomic mass is 19.1. The SMILES string of the molecule is Fc1ccc2c(C3CCN(Cc4ccccc4)C3)onc2c1. The van der Waals surface area contributed by atoms with E-state index in [1.165, 1.54) is 17.7 Å². The molecule has 4 rings (SSSR count). The first-order chi connectivity index (χ1) is 10.8. The molecule has 0 bridgehead atoms. The van der Waals surface area contributed by atoms with Crippen molar-refractivity contribution >= 4 is 10.9 Å². The van der Waals surface area contributed by atoms with Gasteiger partial charge in [0.05, 0.1) is 0 Å². The van der Waals surface area contributed by atoms with Crippen LogP contribution in [0.5, 0.6) is 0 Å². The summed E-state index contributed by atoms with van der Waals surface area (Å²) in [4.78, 5) is 2.43. The first-order valence-corrected chi connectivity index (χ1v) is 7.61. The van der Waals surface area contributed by atoms with Crippen molar-refractivity contribution in [2.45, 2.75) is 18.9 Å². The van der Waals surface area contributed by atoms with Crippen LogP contribution in [0.4, 0.5) is 4.39 Å².